The molecule has 0 rings (SSSR count). The molecule has 178 valence electrons. The molecule has 0 bridgehead atoms. The van der Waals surface area contributed by atoms with E-state index < -0.39 is 66.9 Å². The number of nitrogens with one attached hydrogen (secondary N) is 3. The van der Waals surface area contributed by atoms with E-state index in [2.05, 4.69) is 16.0 Å². The predicted molar refractivity (Wildman–Crippen MR) is 113 cm³/mol. The van der Waals surface area contributed by atoms with Crippen molar-refractivity contribution in [3.8, 4) is 0 Å². The highest BCUT2D eigenvalue weighted by Crippen LogP contribution is 2.10. The monoisotopic (exact) mass is 464 g/mol. The lowest BCUT2D eigenvalue weighted by Crippen LogP contribution is -2.59. The molecule has 0 heterocycles. The van der Waals surface area contributed by atoms with Crippen molar-refractivity contribution in [3.05, 3.63) is 0 Å². The number of carbonyl (C=O) groups excluding carboxylic acids is 3. The first-order valence-electron chi connectivity index (χ1n) is 9.69. The standard InChI is InChI=1S/C18H32N4O8S/c1-4-9(2)14(17(28)21-12(8-23)18(29)30)22-16(27)11(5-6-31-3)20-15(26)10(19)7-13(24)25/h9-12,14,23H,4-8,19H2,1-3H3,(H,20,26)(H,21,28)(H,22,27)(H,24,25)(H,29,30). The molecule has 0 aliphatic carbocycles. The van der Waals surface area contributed by atoms with Crippen molar-refractivity contribution in [2.75, 3.05) is 18.6 Å². The van der Waals surface area contributed by atoms with Crippen LogP contribution in [0.25, 0.3) is 0 Å². The fourth-order valence-electron chi connectivity index (χ4n) is 2.47. The quantitative estimate of drug-likeness (QED) is 0.143. The highest BCUT2D eigenvalue weighted by molar-refractivity contribution is 7.98. The molecule has 0 fully saturated rings. The van der Waals surface area contributed by atoms with Crippen LogP contribution in [0.15, 0.2) is 0 Å². The second-order valence-corrected chi connectivity index (χ2v) is 7.99. The average molecular weight is 465 g/mol. The number of aliphatic carboxylic acids is 2. The minimum absolute atomic E-state index is 0.196. The number of hydrogen-bond donors (Lipinski definition) is 7. The van der Waals surface area contributed by atoms with Crippen molar-refractivity contribution in [2.24, 2.45) is 11.7 Å². The Hall–Kier alpha value is -2.38. The van der Waals surface area contributed by atoms with Crippen molar-refractivity contribution in [3.63, 3.8) is 0 Å². The van der Waals surface area contributed by atoms with Gasteiger partial charge in [0.15, 0.2) is 0 Å². The molecule has 31 heavy (non-hydrogen) atoms. The molecule has 0 aliphatic heterocycles. The van der Waals surface area contributed by atoms with Crippen molar-refractivity contribution in [2.45, 2.75) is 57.3 Å². The van der Waals surface area contributed by atoms with Gasteiger partial charge in [0.1, 0.15) is 18.1 Å². The summed E-state index contributed by atoms with van der Waals surface area (Å²) >= 11 is 1.42. The van der Waals surface area contributed by atoms with Crippen LogP contribution >= 0.6 is 11.8 Å². The second-order valence-electron chi connectivity index (χ2n) is 7.00. The Labute approximate surface area is 184 Å². The maximum absolute atomic E-state index is 12.8. The van der Waals surface area contributed by atoms with Gasteiger partial charge < -0.3 is 37.0 Å². The fraction of sp³-hybridized carbons (Fsp3) is 0.722. The first kappa shape index (κ1) is 28.6. The highest BCUT2D eigenvalue weighted by Gasteiger charge is 2.32. The molecule has 0 saturated heterocycles. The Morgan fingerprint density at radius 1 is 0.968 bits per heavy atom. The average Bonchev–Trinajstić information content (AvgIpc) is 2.71. The zero-order valence-electron chi connectivity index (χ0n) is 17.8. The van der Waals surface area contributed by atoms with Gasteiger partial charge in [-0.05, 0) is 24.3 Å². The summed E-state index contributed by atoms with van der Waals surface area (Å²) in [5.41, 5.74) is 5.54. The van der Waals surface area contributed by atoms with E-state index >= 15 is 0 Å². The van der Waals surface area contributed by atoms with Gasteiger partial charge in [-0.1, -0.05) is 20.3 Å². The van der Waals surface area contributed by atoms with Crippen LogP contribution in [0.5, 0.6) is 0 Å². The molecule has 3 amide bonds. The fourth-order valence-corrected chi connectivity index (χ4v) is 2.94. The number of hydrogen-bond acceptors (Lipinski definition) is 8. The molecule has 13 heteroatoms. The number of carboxylic acids is 2. The van der Waals surface area contributed by atoms with Crippen LogP contribution < -0.4 is 21.7 Å². The van der Waals surface area contributed by atoms with Gasteiger partial charge in [0, 0.05) is 0 Å². The molecule has 0 spiro atoms. The van der Waals surface area contributed by atoms with Crippen molar-refractivity contribution in [1.82, 2.24) is 16.0 Å². The number of aliphatic hydroxyl groups is 1. The third kappa shape index (κ3) is 10.5. The molecular weight excluding hydrogens is 432 g/mol. The largest absolute Gasteiger partial charge is 0.481 e. The van der Waals surface area contributed by atoms with Gasteiger partial charge in [0.25, 0.3) is 0 Å². The van der Waals surface area contributed by atoms with E-state index in [4.69, 9.17) is 21.1 Å². The van der Waals surface area contributed by atoms with E-state index in [-0.39, 0.29) is 12.3 Å². The molecule has 0 radical (unpaired) electrons. The number of nitrogens with two attached hydrogens (primary N) is 1. The Morgan fingerprint density at radius 3 is 2.00 bits per heavy atom. The maximum Gasteiger partial charge on any atom is 0.328 e. The molecule has 5 atom stereocenters. The number of thioether (sulfide) groups is 1. The summed E-state index contributed by atoms with van der Waals surface area (Å²) < 4.78 is 0. The van der Waals surface area contributed by atoms with Gasteiger partial charge in [0.2, 0.25) is 17.7 Å². The second kappa shape index (κ2) is 14.6. The normalized spacial score (nSPS) is 15.6. The lowest BCUT2D eigenvalue weighted by atomic mass is 9.97. The maximum atomic E-state index is 12.8. The van der Waals surface area contributed by atoms with Gasteiger partial charge in [0.05, 0.1) is 19.1 Å². The van der Waals surface area contributed by atoms with Gasteiger partial charge in [-0.25, -0.2) is 4.79 Å². The van der Waals surface area contributed by atoms with Crippen LogP contribution in [0.3, 0.4) is 0 Å². The van der Waals surface area contributed by atoms with Crippen molar-refractivity contribution >= 4 is 41.4 Å². The highest BCUT2D eigenvalue weighted by atomic mass is 32.2. The van der Waals surface area contributed by atoms with E-state index in [0.717, 1.165) is 0 Å². The first-order chi connectivity index (χ1) is 14.5. The SMILES string of the molecule is CCC(C)C(NC(=O)C(CCSC)NC(=O)C(N)CC(=O)O)C(=O)NC(CO)C(=O)O. The predicted octanol–water partition coefficient (Wildman–Crippen LogP) is -1.88. The Balaban J connectivity index is 5.43. The lowest BCUT2D eigenvalue weighted by Gasteiger charge is -2.27. The summed E-state index contributed by atoms with van der Waals surface area (Å²) in [7, 11) is 0. The zero-order valence-corrected chi connectivity index (χ0v) is 18.6. The third-order valence-electron chi connectivity index (χ3n) is 4.57. The number of carboxylic acid groups (broad SMARTS) is 2. The molecule has 5 unspecified atom stereocenters. The Bertz CT molecular complexity index is 648. The lowest BCUT2D eigenvalue weighted by molar-refractivity contribution is -0.143. The van der Waals surface area contributed by atoms with Crippen molar-refractivity contribution in [1.29, 1.82) is 0 Å². The molecular formula is C18H32N4O8S. The van der Waals surface area contributed by atoms with E-state index in [1.54, 1.807) is 20.1 Å². The number of aliphatic hydroxyl groups excluding tert-OH is 1. The first-order valence-corrected chi connectivity index (χ1v) is 11.1. The van der Waals surface area contributed by atoms with Crippen LogP contribution in [-0.4, -0.2) is 87.8 Å². The Kier molecular flexibility index (Phi) is 13.5. The summed E-state index contributed by atoms with van der Waals surface area (Å²) in [6, 6.07) is -5.08. The van der Waals surface area contributed by atoms with Gasteiger partial charge in [-0.15, -0.1) is 0 Å². The van der Waals surface area contributed by atoms with Crippen molar-refractivity contribution < 1.29 is 39.3 Å². The van der Waals surface area contributed by atoms with Gasteiger partial charge in [-0.3, -0.25) is 19.2 Å². The molecule has 0 saturated carbocycles. The summed E-state index contributed by atoms with van der Waals surface area (Å²) in [5.74, 6) is -4.90. The number of amides is 3. The molecule has 12 nitrogen and oxygen atoms in total. The van der Waals surface area contributed by atoms with Crippen LogP contribution in [-0.2, 0) is 24.0 Å². The molecule has 0 aromatic carbocycles. The number of carbonyl (C=O) groups is 5. The third-order valence-corrected chi connectivity index (χ3v) is 5.21. The molecule has 0 aliphatic rings. The van der Waals surface area contributed by atoms with E-state index in [9.17, 15) is 24.0 Å². The summed E-state index contributed by atoms with van der Waals surface area (Å²) in [5, 5.41) is 34.0. The topological polar surface area (TPSA) is 208 Å². The molecule has 0 aromatic rings. The van der Waals surface area contributed by atoms with Gasteiger partial charge in [-0.2, -0.15) is 11.8 Å². The number of rotatable bonds is 15. The minimum Gasteiger partial charge on any atom is -0.481 e. The molecule has 0 aromatic heterocycles. The van der Waals surface area contributed by atoms with Gasteiger partial charge >= 0.3 is 11.9 Å². The van der Waals surface area contributed by atoms with E-state index in [1.165, 1.54) is 11.8 Å². The minimum atomic E-state index is -1.53. The van der Waals surface area contributed by atoms with E-state index in [1.807, 2.05) is 0 Å². The summed E-state index contributed by atoms with van der Waals surface area (Å²) in [6.07, 6.45) is 1.85. The summed E-state index contributed by atoms with van der Waals surface area (Å²) in [4.78, 5) is 59.4. The molecule has 8 N–H and O–H groups in total. The van der Waals surface area contributed by atoms with Crippen LogP contribution in [0.2, 0.25) is 0 Å². The van der Waals surface area contributed by atoms with Crippen LogP contribution in [0.4, 0.5) is 0 Å². The summed E-state index contributed by atoms with van der Waals surface area (Å²) in [6.45, 7) is 2.63. The van der Waals surface area contributed by atoms with Crippen LogP contribution in [0.1, 0.15) is 33.1 Å². The zero-order chi connectivity index (χ0) is 24.1. The van der Waals surface area contributed by atoms with Crippen LogP contribution in [0, 0.1) is 5.92 Å². The smallest absolute Gasteiger partial charge is 0.328 e. The van der Waals surface area contributed by atoms with E-state index in [0.29, 0.717) is 12.2 Å². The Morgan fingerprint density at radius 2 is 1.55 bits per heavy atom.